The normalized spacial score (nSPS) is 17.4. The van der Waals surface area contributed by atoms with E-state index in [0.29, 0.717) is 0 Å². The summed E-state index contributed by atoms with van der Waals surface area (Å²) in [5.74, 6) is 0. The van der Waals surface area contributed by atoms with Gasteiger partial charge in [-0.1, -0.05) is 24.3 Å². The van der Waals surface area contributed by atoms with Crippen molar-refractivity contribution in [2.45, 2.75) is 6.42 Å². The van der Waals surface area contributed by atoms with Gasteiger partial charge in [0.15, 0.2) is 0 Å². The second kappa shape index (κ2) is 2.91. The third kappa shape index (κ3) is 1.03. The molecule has 0 N–H and O–H groups in total. The molecular weight excluding hydrogens is 236 g/mol. The van der Waals surface area contributed by atoms with Crippen LogP contribution in [0.3, 0.4) is 0 Å². The minimum Gasteiger partial charge on any atom is -0.0619 e. The second-order valence-electron chi connectivity index (χ2n) is 3.54. The standard InChI is InChI=1S/C13H8Br/c14-12-7-3-5-10-8-9-4-1-2-6-11(9)13(10)12/h1-2,4-7H,8H2/q+1. The van der Waals surface area contributed by atoms with Gasteiger partial charge in [-0.2, -0.15) is 0 Å². The van der Waals surface area contributed by atoms with Gasteiger partial charge >= 0.3 is 0 Å². The Hall–Kier alpha value is -1.17. The molecule has 2 aliphatic carbocycles. The zero-order chi connectivity index (χ0) is 9.54. The Morgan fingerprint density at radius 2 is 2.07 bits per heavy atom. The first kappa shape index (κ1) is 8.16. The van der Waals surface area contributed by atoms with Crippen LogP contribution in [0.1, 0.15) is 11.1 Å². The van der Waals surface area contributed by atoms with Crippen LogP contribution in [-0.2, 0) is 6.42 Å². The summed E-state index contributed by atoms with van der Waals surface area (Å²) in [5.41, 5.74) is 5.51. The zero-order valence-electron chi connectivity index (χ0n) is 7.55. The van der Waals surface area contributed by atoms with Crippen molar-refractivity contribution in [1.82, 2.24) is 0 Å². The van der Waals surface area contributed by atoms with Crippen LogP contribution in [0.4, 0.5) is 0 Å². The van der Waals surface area contributed by atoms with Crippen LogP contribution in [0.25, 0.3) is 5.57 Å². The number of fused-ring (bicyclic) bond motifs is 2. The molecule has 0 saturated carbocycles. The van der Waals surface area contributed by atoms with Crippen molar-refractivity contribution in [2.24, 2.45) is 0 Å². The lowest BCUT2D eigenvalue weighted by atomic mass is 10.0. The van der Waals surface area contributed by atoms with E-state index in [1.807, 2.05) is 6.08 Å². The fourth-order valence-electron chi connectivity index (χ4n) is 2.08. The van der Waals surface area contributed by atoms with Crippen LogP contribution >= 0.6 is 15.9 Å². The lowest BCUT2D eigenvalue weighted by Crippen LogP contribution is -1.86. The lowest BCUT2D eigenvalue weighted by Gasteiger charge is -1.99. The third-order valence-corrected chi connectivity index (χ3v) is 3.32. The Balaban J connectivity index is 2.26. The van der Waals surface area contributed by atoms with Crippen LogP contribution in [0.5, 0.6) is 0 Å². The van der Waals surface area contributed by atoms with Crippen molar-refractivity contribution in [3.63, 3.8) is 0 Å². The van der Waals surface area contributed by atoms with Gasteiger partial charge in [0.25, 0.3) is 0 Å². The first-order valence-corrected chi connectivity index (χ1v) is 5.42. The smallest absolute Gasteiger partial charge is 0.0619 e. The Bertz CT molecular complexity index is 490. The molecule has 0 bridgehead atoms. The number of hydrogen-bond donors (Lipinski definition) is 0. The molecule has 0 nitrogen and oxygen atoms in total. The van der Waals surface area contributed by atoms with E-state index in [-0.39, 0.29) is 0 Å². The molecule has 2 aliphatic rings. The highest BCUT2D eigenvalue weighted by Gasteiger charge is 2.29. The van der Waals surface area contributed by atoms with Crippen LogP contribution in [0.15, 0.2) is 46.5 Å². The summed E-state index contributed by atoms with van der Waals surface area (Å²) in [6.45, 7) is 0. The fourth-order valence-corrected chi connectivity index (χ4v) is 2.68. The van der Waals surface area contributed by atoms with Gasteiger partial charge < -0.3 is 0 Å². The Morgan fingerprint density at radius 3 is 3.00 bits per heavy atom. The molecule has 0 saturated heterocycles. The predicted molar refractivity (Wildman–Crippen MR) is 61.9 cm³/mol. The highest BCUT2D eigenvalue weighted by Crippen LogP contribution is 2.41. The van der Waals surface area contributed by atoms with E-state index in [1.165, 1.54) is 22.3 Å². The van der Waals surface area contributed by atoms with E-state index < -0.39 is 0 Å². The molecule has 0 aromatic heterocycles. The maximum atomic E-state index is 3.59. The Kier molecular flexibility index (Phi) is 1.70. The number of rotatable bonds is 0. The van der Waals surface area contributed by atoms with E-state index in [1.54, 1.807) is 0 Å². The van der Waals surface area contributed by atoms with Crippen molar-refractivity contribution < 1.29 is 0 Å². The predicted octanol–water partition coefficient (Wildman–Crippen LogP) is 3.65. The summed E-state index contributed by atoms with van der Waals surface area (Å²) in [6, 6.07) is 8.58. The number of hydrogen-bond acceptors (Lipinski definition) is 0. The number of halogens is 1. The number of allylic oxidation sites excluding steroid dienone is 6. The molecule has 3 rings (SSSR count). The van der Waals surface area contributed by atoms with Crippen molar-refractivity contribution in [2.75, 3.05) is 0 Å². The SMILES string of the molecule is BrC1=C[C+]=CC2=C1c1ccccc1C2. The lowest BCUT2D eigenvalue weighted by molar-refractivity contribution is 1.24. The Morgan fingerprint density at radius 1 is 1.21 bits per heavy atom. The van der Waals surface area contributed by atoms with Gasteiger partial charge in [0.2, 0.25) is 0 Å². The molecule has 66 valence electrons. The molecule has 1 heteroatoms. The molecule has 0 aliphatic heterocycles. The molecule has 0 radical (unpaired) electrons. The highest BCUT2D eigenvalue weighted by molar-refractivity contribution is 9.12. The van der Waals surface area contributed by atoms with Crippen LogP contribution in [-0.4, -0.2) is 0 Å². The van der Waals surface area contributed by atoms with E-state index in [2.05, 4.69) is 52.3 Å². The minimum atomic E-state index is 1.04. The largest absolute Gasteiger partial charge is 0.138 e. The first-order valence-electron chi connectivity index (χ1n) is 4.63. The molecule has 0 heterocycles. The van der Waals surface area contributed by atoms with Gasteiger partial charge in [0, 0.05) is 34.0 Å². The third-order valence-electron chi connectivity index (χ3n) is 2.70. The van der Waals surface area contributed by atoms with E-state index >= 15 is 0 Å². The van der Waals surface area contributed by atoms with Gasteiger partial charge in [-0.3, -0.25) is 0 Å². The topological polar surface area (TPSA) is 0 Å². The van der Waals surface area contributed by atoms with Gasteiger partial charge in [-0.15, -0.1) is 0 Å². The molecule has 0 amide bonds. The molecule has 0 unspecified atom stereocenters. The molecule has 1 aromatic carbocycles. The van der Waals surface area contributed by atoms with Gasteiger partial charge in [0.05, 0.1) is 5.57 Å². The van der Waals surface area contributed by atoms with Gasteiger partial charge in [-0.05, 0) is 5.56 Å². The van der Waals surface area contributed by atoms with Crippen molar-refractivity contribution in [3.05, 3.63) is 63.7 Å². The van der Waals surface area contributed by atoms with Crippen molar-refractivity contribution >= 4 is 21.5 Å². The van der Waals surface area contributed by atoms with Crippen molar-refractivity contribution in [3.8, 4) is 0 Å². The maximum Gasteiger partial charge on any atom is 0.138 e. The molecule has 0 atom stereocenters. The fraction of sp³-hybridized carbons (Fsp3) is 0.0769. The summed E-state index contributed by atoms with van der Waals surface area (Å²) in [6.07, 6.45) is 8.26. The summed E-state index contributed by atoms with van der Waals surface area (Å²) in [7, 11) is 0. The summed E-state index contributed by atoms with van der Waals surface area (Å²) < 4.78 is 1.15. The van der Waals surface area contributed by atoms with Crippen molar-refractivity contribution in [1.29, 1.82) is 0 Å². The van der Waals surface area contributed by atoms with Crippen LogP contribution in [0, 0.1) is 6.08 Å². The quantitative estimate of drug-likeness (QED) is 0.611. The van der Waals surface area contributed by atoms with Crippen LogP contribution in [0.2, 0.25) is 0 Å². The Labute approximate surface area is 91.8 Å². The maximum absolute atomic E-state index is 3.59. The van der Waals surface area contributed by atoms with E-state index in [0.717, 1.165) is 10.9 Å². The molecular formula is C13H8Br+. The molecule has 14 heavy (non-hydrogen) atoms. The minimum absolute atomic E-state index is 1.04. The average molecular weight is 244 g/mol. The zero-order valence-corrected chi connectivity index (χ0v) is 9.14. The first-order chi connectivity index (χ1) is 6.86. The molecule has 0 fully saturated rings. The van der Waals surface area contributed by atoms with Crippen LogP contribution < -0.4 is 0 Å². The monoisotopic (exact) mass is 243 g/mol. The van der Waals surface area contributed by atoms with E-state index in [9.17, 15) is 0 Å². The van der Waals surface area contributed by atoms with Gasteiger partial charge in [-0.25, -0.2) is 0 Å². The molecule has 1 aromatic rings. The second-order valence-corrected chi connectivity index (χ2v) is 4.39. The average Bonchev–Trinajstić information content (AvgIpc) is 2.57. The molecule has 0 spiro atoms. The summed E-state index contributed by atoms with van der Waals surface area (Å²) >= 11 is 3.59. The van der Waals surface area contributed by atoms with Gasteiger partial charge in [0.1, 0.15) is 22.2 Å². The van der Waals surface area contributed by atoms with E-state index in [4.69, 9.17) is 0 Å². The number of benzene rings is 1. The summed E-state index contributed by atoms with van der Waals surface area (Å²) in [5, 5.41) is 0. The highest BCUT2D eigenvalue weighted by atomic mass is 79.9. The summed E-state index contributed by atoms with van der Waals surface area (Å²) in [4.78, 5) is 0.